The molecule has 1 aromatic carbocycles. The average molecular weight is 274 g/mol. The maximum atomic E-state index is 12.2. The summed E-state index contributed by atoms with van der Waals surface area (Å²) < 4.78 is 0. The zero-order valence-corrected chi connectivity index (χ0v) is 12.2. The highest BCUT2D eigenvalue weighted by Crippen LogP contribution is 2.16. The number of hydrogen-bond donors (Lipinski definition) is 1. The Balaban J connectivity index is 1.99. The first kappa shape index (κ1) is 14.6. The molecule has 0 bridgehead atoms. The Labute approximate surface area is 120 Å². The maximum Gasteiger partial charge on any atom is 0.253 e. The maximum absolute atomic E-state index is 12.2. The first-order valence-corrected chi connectivity index (χ1v) is 7.32. The summed E-state index contributed by atoms with van der Waals surface area (Å²) in [6, 6.07) is 7.16. The predicted molar refractivity (Wildman–Crippen MR) is 79.7 cm³/mol. The summed E-state index contributed by atoms with van der Waals surface area (Å²) in [7, 11) is 0. The Hall–Kier alpha value is -1.84. The minimum absolute atomic E-state index is 0.000841. The van der Waals surface area contributed by atoms with E-state index in [4.69, 9.17) is 0 Å². The molecule has 20 heavy (non-hydrogen) atoms. The largest absolute Gasteiger partial charge is 0.339 e. The van der Waals surface area contributed by atoms with Crippen molar-refractivity contribution in [3.63, 3.8) is 0 Å². The Bertz CT molecular complexity index is 476. The Morgan fingerprint density at radius 3 is 2.35 bits per heavy atom. The van der Waals surface area contributed by atoms with Gasteiger partial charge in [-0.15, -0.1) is 0 Å². The number of anilines is 1. The van der Waals surface area contributed by atoms with Crippen LogP contribution in [-0.4, -0.2) is 29.8 Å². The molecule has 108 valence electrons. The van der Waals surface area contributed by atoms with Crippen LogP contribution in [0.3, 0.4) is 0 Å². The molecule has 1 fully saturated rings. The third-order valence-corrected chi connectivity index (χ3v) is 3.85. The van der Waals surface area contributed by atoms with Gasteiger partial charge in [-0.25, -0.2) is 0 Å². The topological polar surface area (TPSA) is 49.4 Å². The SMILES string of the molecule is CC[C@H](C)C(=O)Nc1ccc(C(=O)N2CCCC2)cc1. The zero-order chi connectivity index (χ0) is 14.5. The quantitative estimate of drug-likeness (QED) is 0.917. The van der Waals surface area contributed by atoms with Gasteiger partial charge in [0.15, 0.2) is 0 Å². The fourth-order valence-electron chi connectivity index (χ4n) is 2.25. The summed E-state index contributed by atoms with van der Waals surface area (Å²) in [5.41, 5.74) is 1.43. The predicted octanol–water partition coefficient (Wildman–Crippen LogP) is 2.91. The van der Waals surface area contributed by atoms with Crippen LogP contribution in [0.25, 0.3) is 0 Å². The highest BCUT2D eigenvalue weighted by atomic mass is 16.2. The fraction of sp³-hybridized carbons (Fsp3) is 0.500. The third kappa shape index (κ3) is 3.38. The van der Waals surface area contributed by atoms with Crippen LogP contribution in [0.4, 0.5) is 5.69 Å². The molecule has 4 nitrogen and oxygen atoms in total. The van der Waals surface area contributed by atoms with Gasteiger partial charge >= 0.3 is 0 Å². The fourth-order valence-corrected chi connectivity index (χ4v) is 2.25. The molecule has 4 heteroatoms. The lowest BCUT2D eigenvalue weighted by molar-refractivity contribution is -0.119. The van der Waals surface area contributed by atoms with Gasteiger partial charge in [-0.2, -0.15) is 0 Å². The lowest BCUT2D eigenvalue weighted by atomic mass is 10.1. The molecule has 0 radical (unpaired) electrons. The molecule has 1 aromatic rings. The monoisotopic (exact) mass is 274 g/mol. The molecular formula is C16H22N2O2. The Morgan fingerprint density at radius 1 is 1.20 bits per heavy atom. The molecule has 0 unspecified atom stereocenters. The zero-order valence-electron chi connectivity index (χ0n) is 12.2. The second-order valence-electron chi connectivity index (χ2n) is 5.38. The summed E-state index contributed by atoms with van der Waals surface area (Å²) in [4.78, 5) is 25.8. The third-order valence-electron chi connectivity index (χ3n) is 3.85. The van der Waals surface area contributed by atoms with Crippen LogP contribution in [0.15, 0.2) is 24.3 Å². The van der Waals surface area contributed by atoms with Crippen molar-refractivity contribution in [1.29, 1.82) is 0 Å². The lowest BCUT2D eigenvalue weighted by Gasteiger charge is -2.15. The van der Waals surface area contributed by atoms with Crippen molar-refractivity contribution >= 4 is 17.5 Å². The van der Waals surface area contributed by atoms with Gasteiger partial charge in [-0.1, -0.05) is 13.8 Å². The molecule has 2 amide bonds. The van der Waals surface area contributed by atoms with E-state index < -0.39 is 0 Å². The van der Waals surface area contributed by atoms with E-state index in [0.29, 0.717) is 5.56 Å². The molecule has 0 aliphatic carbocycles. The van der Waals surface area contributed by atoms with Crippen molar-refractivity contribution in [3.8, 4) is 0 Å². The van der Waals surface area contributed by atoms with Crippen LogP contribution in [0, 0.1) is 5.92 Å². The normalized spacial score (nSPS) is 16.0. The molecule has 1 aliphatic heterocycles. The van der Waals surface area contributed by atoms with Crippen LogP contribution >= 0.6 is 0 Å². The minimum Gasteiger partial charge on any atom is -0.339 e. The second kappa shape index (κ2) is 6.55. The van der Waals surface area contributed by atoms with Crippen molar-refractivity contribution in [3.05, 3.63) is 29.8 Å². The van der Waals surface area contributed by atoms with E-state index in [1.54, 1.807) is 24.3 Å². The number of hydrogen-bond acceptors (Lipinski definition) is 2. The summed E-state index contributed by atoms with van der Waals surface area (Å²) >= 11 is 0. The molecular weight excluding hydrogens is 252 g/mol. The number of carbonyl (C=O) groups is 2. The van der Waals surface area contributed by atoms with Gasteiger partial charge in [0.1, 0.15) is 0 Å². The lowest BCUT2D eigenvalue weighted by Crippen LogP contribution is -2.27. The van der Waals surface area contributed by atoms with Gasteiger partial charge in [0.05, 0.1) is 0 Å². The average Bonchev–Trinajstić information content (AvgIpc) is 3.00. The number of benzene rings is 1. The molecule has 0 spiro atoms. The van der Waals surface area contributed by atoms with Crippen molar-refractivity contribution in [2.45, 2.75) is 33.1 Å². The molecule has 0 aromatic heterocycles. The van der Waals surface area contributed by atoms with Gasteiger partial charge in [-0.05, 0) is 43.5 Å². The molecule has 1 atom stereocenters. The van der Waals surface area contributed by atoms with E-state index in [1.807, 2.05) is 18.7 Å². The second-order valence-corrected chi connectivity index (χ2v) is 5.38. The van der Waals surface area contributed by atoms with Crippen LogP contribution in [0.2, 0.25) is 0 Å². The molecule has 1 heterocycles. The summed E-state index contributed by atoms with van der Waals surface area (Å²) in [5.74, 6) is 0.106. The number of carbonyl (C=O) groups excluding carboxylic acids is 2. The van der Waals surface area contributed by atoms with Crippen LogP contribution < -0.4 is 5.32 Å². The van der Waals surface area contributed by atoms with Gasteiger partial charge in [-0.3, -0.25) is 9.59 Å². The molecule has 1 saturated heterocycles. The number of likely N-dealkylation sites (tertiary alicyclic amines) is 1. The molecule has 1 aliphatic rings. The van der Waals surface area contributed by atoms with E-state index in [9.17, 15) is 9.59 Å². The van der Waals surface area contributed by atoms with Crippen molar-refractivity contribution in [1.82, 2.24) is 4.90 Å². The molecule has 2 rings (SSSR count). The number of rotatable bonds is 4. The van der Waals surface area contributed by atoms with Crippen molar-refractivity contribution in [2.24, 2.45) is 5.92 Å². The van der Waals surface area contributed by atoms with Crippen LogP contribution in [-0.2, 0) is 4.79 Å². The van der Waals surface area contributed by atoms with E-state index in [0.717, 1.165) is 38.0 Å². The minimum atomic E-state index is 0.000841. The Kier molecular flexibility index (Phi) is 4.77. The van der Waals surface area contributed by atoms with Gasteiger partial charge in [0, 0.05) is 30.3 Å². The van der Waals surface area contributed by atoms with Gasteiger partial charge in [0.25, 0.3) is 5.91 Å². The van der Waals surface area contributed by atoms with Crippen molar-refractivity contribution in [2.75, 3.05) is 18.4 Å². The van der Waals surface area contributed by atoms with Gasteiger partial charge < -0.3 is 10.2 Å². The molecule has 0 saturated carbocycles. The first-order chi connectivity index (χ1) is 9.61. The number of nitrogens with one attached hydrogen (secondary N) is 1. The van der Waals surface area contributed by atoms with Crippen molar-refractivity contribution < 1.29 is 9.59 Å². The smallest absolute Gasteiger partial charge is 0.253 e. The highest BCUT2D eigenvalue weighted by molar-refractivity contribution is 5.96. The first-order valence-electron chi connectivity index (χ1n) is 7.32. The number of amides is 2. The standard InChI is InChI=1S/C16H22N2O2/c1-3-12(2)15(19)17-14-8-6-13(7-9-14)16(20)18-10-4-5-11-18/h6-9,12H,3-5,10-11H2,1-2H3,(H,17,19)/t12-/m0/s1. The van der Waals surface area contributed by atoms with Crippen LogP contribution in [0.1, 0.15) is 43.5 Å². The number of nitrogens with zero attached hydrogens (tertiary/aromatic N) is 1. The Morgan fingerprint density at radius 2 is 1.80 bits per heavy atom. The summed E-state index contributed by atoms with van der Waals surface area (Å²) in [6.07, 6.45) is 3.00. The molecule has 1 N–H and O–H groups in total. The summed E-state index contributed by atoms with van der Waals surface area (Å²) in [6.45, 7) is 5.60. The van der Waals surface area contributed by atoms with E-state index in [1.165, 1.54) is 0 Å². The van der Waals surface area contributed by atoms with Crippen LogP contribution in [0.5, 0.6) is 0 Å². The van der Waals surface area contributed by atoms with E-state index in [-0.39, 0.29) is 17.7 Å². The van der Waals surface area contributed by atoms with E-state index >= 15 is 0 Å². The van der Waals surface area contributed by atoms with E-state index in [2.05, 4.69) is 5.32 Å². The highest BCUT2D eigenvalue weighted by Gasteiger charge is 2.19. The van der Waals surface area contributed by atoms with Gasteiger partial charge in [0.2, 0.25) is 5.91 Å². The summed E-state index contributed by atoms with van der Waals surface area (Å²) in [5, 5.41) is 2.86.